The molecule has 3 N–H and O–H groups in total. The number of benzene rings is 1. The molecule has 2 fully saturated rings. The summed E-state index contributed by atoms with van der Waals surface area (Å²) in [6.07, 6.45) is 2.88. The van der Waals surface area contributed by atoms with Crippen molar-refractivity contribution in [1.29, 1.82) is 0 Å². The van der Waals surface area contributed by atoms with Gasteiger partial charge in [0.15, 0.2) is 0 Å². The van der Waals surface area contributed by atoms with E-state index in [4.69, 9.17) is 11.6 Å². The minimum Gasteiger partial charge on any atom is -0.350 e. The van der Waals surface area contributed by atoms with Crippen molar-refractivity contribution in [2.24, 2.45) is 0 Å². The number of anilines is 1. The molecule has 1 spiro atoms. The van der Waals surface area contributed by atoms with Gasteiger partial charge >= 0.3 is 6.03 Å². The zero-order valence-corrected chi connectivity index (χ0v) is 17.4. The molecule has 0 bridgehead atoms. The predicted molar refractivity (Wildman–Crippen MR) is 109 cm³/mol. The number of hydrogen-bond acceptors (Lipinski definition) is 4. The monoisotopic (exact) mass is 420 g/mol. The summed E-state index contributed by atoms with van der Waals surface area (Å²) in [5.41, 5.74) is -0.424. The van der Waals surface area contributed by atoms with Gasteiger partial charge in [-0.1, -0.05) is 24.4 Å². The maximum atomic E-state index is 12.9. The molecule has 0 radical (unpaired) electrons. The fraction of sp³-hybridized carbons (Fsp3) is 0.500. The first kappa shape index (κ1) is 21.1. The predicted octanol–water partition coefficient (Wildman–Crippen LogP) is 2.67. The van der Waals surface area contributed by atoms with E-state index in [2.05, 4.69) is 16.0 Å². The Morgan fingerprint density at radius 1 is 1.17 bits per heavy atom. The number of nitrogens with one attached hydrogen (secondary N) is 3. The second kappa shape index (κ2) is 8.02. The number of carbonyl (C=O) groups is 4. The van der Waals surface area contributed by atoms with Gasteiger partial charge in [0.2, 0.25) is 5.91 Å². The quantitative estimate of drug-likeness (QED) is 0.636. The fourth-order valence-electron chi connectivity index (χ4n) is 3.82. The van der Waals surface area contributed by atoms with Crippen LogP contribution in [0.1, 0.15) is 56.8 Å². The Morgan fingerprint density at radius 2 is 1.83 bits per heavy atom. The van der Waals surface area contributed by atoms with Crippen molar-refractivity contribution in [3.8, 4) is 0 Å². The van der Waals surface area contributed by atoms with Crippen LogP contribution < -0.4 is 16.0 Å². The summed E-state index contributed by atoms with van der Waals surface area (Å²) in [5, 5.41) is 8.51. The standard InChI is InChI=1S/C20H25ClN4O4/c1-11(2)22-17(27)14-7-6-13(21)10-15(14)23-16(26)12(3)25-18(28)20(24-19(25)29)8-4-5-9-20/h6-7,10-12H,4-5,8-9H2,1-3H3,(H,22,27)(H,23,26)(H,24,29). The Bertz CT molecular complexity index is 864. The minimum atomic E-state index is -1.04. The molecule has 1 saturated carbocycles. The molecule has 3 rings (SSSR count). The summed E-state index contributed by atoms with van der Waals surface area (Å²) in [7, 11) is 0. The van der Waals surface area contributed by atoms with E-state index in [0.29, 0.717) is 17.9 Å². The molecular formula is C20H25ClN4O4. The highest BCUT2D eigenvalue weighted by atomic mass is 35.5. The van der Waals surface area contributed by atoms with Crippen LogP contribution in [0.5, 0.6) is 0 Å². The molecule has 1 saturated heterocycles. The number of hydrogen-bond donors (Lipinski definition) is 3. The lowest BCUT2D eigenvalue weighted by Gasteiger charge is -2.24. The molecule has 0 aromatic heterocycles. The fourth-order valence-corrected chi connectivity index (χ4v) is 3.99. The van der Waals surface area contributed by atoms with Gasteiger partial charge in [-0.05, 0) is 51.8 Å². The summed E-state index contributed by atoms with van der Waals surface area (Å²) >= 11 is 6.03. The number of halogens is 1. The van der Waals surface area contributed by atoms with Crippen LogP contribution in [0.2, 0.25) is 5.02 Å². The first-order valence-electron chi connectivity index (χ1n) is 9.72. The Hall–Kier alpha value is -2.61. The van der Waals surface area contributed by atoms with Crippen LogP contribution >= 0.6 is 11.6 Å². The topological polar surface area (TPSA) is 108 Å². The first-order chi connectivity index (χ1) is 13.6. The Balaban J connectivity index is 1.80. The molecule has 2 aliphatic rings. The summed E-state index contributed by atoms with van der Waals surface area (Å²) < 4.78 is 0. The largest absolute Gasteiger partial charge is 0.350 e. The molecule has 1 aliphatic heterocycles. The number of amides is 5. The van der Waals surface area contributed by atoms with Gasteiger partial charge in [-0.15, -0.1) is 0 Å². The lowest BCUT2D eigenvalue weighted by Crippen LogP contribution is -2.48. The molecule has 8 nitrogen and oxygen atoms in total. The van der Waals surface area contributed by atoms with Crippen LogP contribution in [0, 0.1) is 0 Å². The Labute approximate surface area is 174 Å². The van der Waals surface area contributed by atoms with Crippen molar-refractivity contribution < 1.29 is 19.2 Å². The zero-order chi connectivity index (χ0) is 21.3. The lowest BCUT2D eigenvalue weighted by atomic mass is 9.97. The van der Waals surface area contributed by atoms with Gasteiger partial charge in [0, 0.05) is 11.1 Å². The van der Waals surface area contributed by atoms with Gasteiger partial charge in [0.25, 0.3) is 11.8 Å². The Kier molecular flexibility index (Phi) is 5.84. The molecular weight excluding hydrogens is 396 g/mol. The molecule has 1 aromatic rings. The van der Waals surface area contributed by atoms with Crippen molar-refractivity contribution in [2.75, 3.05) is 5.32 Å². The van der Waals surface area contributed by atoms with E-state index in [1.54, 1.807) is 6.07 Å². The van der Waals surface area contributed by atoms with E-state index in [1.807, 2.05) is 13.8 Å². The van der Waals surface area contributed by atoms with Crippen LogP contribution in [-0.4, -0.2) is 46.3 Å². The van der Waals surface area contributed by atoms with Crippen molar-refractivity contribution in [1.82, 2.24) is 15.5 Å². The number of carbonyl (C=O) groups excluding carboxylic acids is 4. The maximum Gasteiger partial charge on any atom is 0.325 e. The van der Waals surface area contributed by atoms with E-state index in [9.17, 15) is 19.2 Å². The average molecular weight is 421 g/mol. The summed E-state index contributed by atoms with van der Waals surface area (Å²) in [6.45, 7) is 5.13. The number of urea groups is 1. The lowest BCUT2D eigenvalue weighted by molar-refractivity contribution is -0.136. The van der Waals surface area contributed by atoms with Crippen molar-refractivity contribution in [3.63, 3.8) is 0 Å². The minimum absolute atomic E-state index is 0.0887. The van der Waals surface area contributed by atoms with Crippen LogP contribution in [0.25, 0.3) is 0 Å². The summed E-state index contributed by atoms with van der Waals surface area (Å²) in [5.74, 6) is -1.31. The van der Waals surface area contributed by atoms with Crippen LogP contribution in [0.3, 0.4) is 0 Å². The maximum absolute atomic E-state index is 12.9. The zero-order valence-electron chi connectivity index (χ0n) is 16.7. The second-order valence-electron chi connectivity index (χ2n) is 7.88. The van der Waals surface area contributed by atoms with E-state index >= 15 is 0 Å². The molecule has 9 heteroatoms. The highest BCUT2D eigenvalue weighted by molar-refractivity contribution is 6.31. The van der Waals surface area contributed by atoms with Crippen LogP contribution in [0.15, 0.2) is 18.2 Å². The van der Waals surface area contributed by atoms with Crippen LogP contribution in [0.4, 0.5) is 10.5 Å². The molecule has 1 atom stereocenters. The van der Waals surface area contributed by atoms with Gasteiger partial charge in [-0.25, -0.2) is 9.69 Å². The molecule has 1 aromatic carbocycles. The Morgan fingerprint density at radius 3 is 2.45 bits per heavy atom. The van der Waals surface area contributed by atoms with Gasteiger partial charge in [0.05, 0.1) is 11.3 Å². The highest BCUT2D eigenvalue weighted by Crippen LogP contribution is 2.36. The molecule has 29 heavy (non-hydrogen) atoms. The van der Waals surface area contributed by atoms with E-state index < -0.39 is 23.5 Å². The third-order valence-corrected chi connectivity index (χ3v) is 5.56. The molecule has 156 valence electrons. The molecule has 1 aliphatic carbocycles. The van der Waals surface area contributed by atoms with E-state index in [1.165, 1.54) is 19.1 Å². The number of nitrogens with zero attached hydrogens (tertiary/aromatic N) is 1. The average Bonchev–Trinajstić information content (AvgIpc) is 3.19. The van der Waals surface area contributed by atoms with Gasteiger partial charge in [0.1, 0.15) is 11.6 Å². The normalized spacial score (nSPS) is 18.9. The third-order valence-electron chi connectivity index (χ3n) is 5.32. The van der Waals surface area contributed by atoms with Crippen molar-refractivity contribution in [3.05, 3.63) is 28.8 Å². The summed E-state index contributed by atoms with van der Waals surface area (Å²) in [6, 6.07) is 2.84. The van der Waals surface area contributed by atoms with Crippen molar-refractivity contribution in [2.45, 2.75) is 64.1 Å². The smallest absolute Gasteiger partial charge is 0.325 e. The van der Waals surface area contributed by atoms with Crippen molar-refractivity contribution >= 4 is 41.0 Å². The van der Waals surface area contributed by atoms with Gasteiger partial charge in [-0.2, -0.15) is 0 Å². The molecule has 1 heterocycles. The second-order valence-corrected chi connectivity index (χ2v) is 8.31. The van der Waals surface area contributed by atoms with Crippen LogP contribution in [-0.2, 0) is 9.59 Å². The van der Waals surface area contributed by atoms with E-state index in [-0.39, 0.29) is 29.1 Å². The number of imide groups is 1. The first-order valence-corrected chi connectivity index (χ1v) is 10.1. The van der Waals surface area contributed by atoms with E-state index in [0.717, 1.165) is 17.7 Å². The SMILES string of the molecule is CC(C)NC(=O)c1ccc(Cl)cc1NC(=O)C(C)N1C(=O)NC2(CCCC2)C1=O. The number of rotatable bonds is 5. The van der Waals surface area contributed by atoms with Gasteiger partial charge in [-0.3, -0.25) is 14.4 Å². The third kappa shape index (κ3) is 4.07. The summed E-state index contributed by atoms with van der Waals surface area (Å²) in [4.78, 5) is 51.5. The van der Waals surface area contributed by atoms with Gasteiger partial charge < -0.3 is 16.0 Å². The highest BCUT2D eigenvalue weighted by Gasteiger charge is 2.54. The molecule has 5 amide bonds. The molecule has 1 unspecified atom stereocenters.